The zero-order valence-electron chi connectivity index (χ0n) is 10.0. The third kappa shape index (κ3) is 2.10. The molecule has 18 heavy (non-hydrogen) atoms. The Morgan fingerprint density at radius 3 is 2.67 bits per heavy atom. The van der Waals surface area contributed by atoms with E-state index >= 15 is 0 Å². The molecule has 1 heterocycles. The number of aryl methyl sites for hydroxylation is 1. The lowest BCUT2D eigenvalue weighted by molar-refractivity contribution is 0.416. The molecule has 7 heteroatoms. The van der Waals surface area contributed by atoms with E-state index in [-0.39, 0.29) is 17.1 Å². The second-order valence-electron chi connectivity index (χ2n) is 3.61. The first-order chi connectivity index (χ1) is 8.63. The zero-order chi connectivity index (χ0) is 13.1. The van der Waals surface area contributed by atoms with Crippen LogP contribution < -0.4 is 16.0 Å². The molecule has 1 aromatic heterocycles. The summed E-state index contributed by atoms with van der Waals surface area (Å²) in [5.41, 5.74) is 5.90. The molecule has 0 aliphatic carbocycles. The smallest absolute Gasteiger partial charge is 0.296 e. The fraction of sp³-hybridized carbons (Fsp3) is 0.182. The Morgan fingerprint density at radius 2 is 2.06 bits per heavy atom. The highest BCUT2D eigenvalue weighted by molar-refractivity contribution is 5.56. The maximum absolute atomic E-state index is 11.6. The molecule has 0 unspecified atom stereocenters. The number of para-hydroxylation sites is 1. The van der Waals surface area contributed by atoms with Crippen LogP contribution in [0.2, 0.25) is 0 Å². The van der Waals surface area contributed by atoms with Crippen LogP contribution in [0.25, 0.3) is 0 Å². The fourth-order valence-electron chi connectivity index (χ4n) is 1.47. The summed E-state index contributed by atoms with van der Waals surface area (Å²) in [6.07, 6.45) is 0. The summed E-state index contributed by atoms with van der Waals surface area (Å²) in [4.78, 5) is 11.6. The summed E-state index contributed by atoms with van der Waals surface area (Å²) in [6.45, 7) is 0. The number of nitrogens with zero attached hydrogens (tertiary/aromatic N) is 3. The van der Waals surface area contributed by atoms with Crippen molar-refractivity contribution in [2.45, 2.75) is 0 Å². The number of H-pyrrole nitrogens is 1. The van der Waals surface area contributed by atoms with E-state index in [1.165, 1.54) is 11.8 Å². The highest BCUT2D eigenvalue weighted by Crippen LogP contribution is 2.28. The maximum Gasteiger partial charge on any atom is 0.296 e. The van der Waals surface area contributed by atoms with Crippen molar-refractivity contribution in [1.29, 1.82) is 0 Å². The molecule has 0 amide bonds. The van der Waals surface area contributed by atoms with Crippen molar-refractivity contribution in [3.63, 3.8) is 0 Å². The topological polar surface area (TPSA) is 97.8 Å². The number of rotatable bonds is 3. The van der Waals surface area contributed by atoms with E-state index in [0.29, 0.717) is 11.4 Å². The minimum Gasteiger partial charge on any atom is -0.494 e. The van der Waals surface area contributed by atoms with Gasteiger partial charge in [0.25, 0.3) is 5.56 Å². The summed E-state index contributed by atoms with van der Waals surface area (Å²) < 4.78 is 6.37. The normalized spacial score (nSPS) is 11.0. The third-order valence-electron chi connectivity index (χ3n) is 2.39. The number of azo groups is 1. The van der Waals surface area contributed by atoms with Crippen LogP contribution in [0.15, 0.2) is 39.3 Å². The van der Waals surface area contributed by atoms with E-state index in [1.54, 1.807) is 25.2 Å². The Labute approximate surface area is 103 Å². The monoisotopic (exact) mass is 247 g/mol. The largest absolute Gasteiger partial charge is 0.494 e. The highest BCUT2D eigenvalue weighted by atomic mass is 16.5. The molecule has 0 radical (unpaired) electrons. The van der Waals surface area contributed by atoms with Crippen LogP contribution in [0.1, 0.15) is 0 Å². The molecule has 3 N–H and O–H groups in total. The molecular weight excluding hydrogens is 234 g/mol. The molecule has 0 aliphatic rings. The minimum atomic E-state index is -0.328. The van der Waals surface area contributed by atoms with E-state index in [1.807, 2.05) is 6.07 Å². The van der Waals surface area contributed by atoms with Gasteiger partial charge in [-0.05, 0) is 12.1 Å². The molecule has 0 saturated heterocycles. The Balaban J connectivity index is 2.39. The summed E-state index contributed by atoms with van der Waals surface area (Å²) in [6, 6.07) is 7.11. The van der Waals surface area contributed by atoms with Crippen molar-refractivity contribution < 1.29 is 4.74 Å². The number of aromatic amines is 1. The Kier molecular flexibility index (Phi) is 3.13. The standard InChI is InChI=1S/C11H13N5O2/c1-16-11(17)9(10(12)15-16)14-13-7-5-3-4-6-8(7)18-2/h3-6,15H,12H2,1-2H3. The number of nitrogen functional groups attached to an aromatic ring is 1. The second kappa shape index (κ2) is 4.74. The average molecular weight is 247 g/mol. The van der Waals surface area contributed by atoms with Gasteiger partial charge in [0, 0.05) is 7.05 Å². The molecule has 0 atom stereocenters. The van der Waals surface area contributed by atoms with Crippen molar-refractivity contribution >= 4 is 17.2 Å². The second-order valence-corrected chi connectivity index (χ2v) is 3.61. The van der Waals surface area contributed by atoms with Crippen molar-refractivity contribution in [3.05, 3.63) is 34.6 Å². The van der Waals surface area contributed by atoms with Gasteiger partial charge < -0.3 is 10.5 Å². The van der Waals surface area contributed by atoms with Gasteiger partial charge in [0.05, 0.1) is 7.11 Å². The molecule has 94 valence electrons. The zero-order valence-corrected chi connectivity index (χ0v) is 10.0. The molecule has 0 spiro atoms. The molecule has 7 nitrogen and oxygen atoms in total. The third-order valence-corrected chi connectivity index (χ3v) is 2.39. The number of aromatic nitrogens is 2. The Morgan fingerprint density at radius 1 is 1.33 bits per heavy atom. The van der Waals surface area contributed by atoms with Gasteiger partial charge in [0.2, 0.25) is 0 Å². The van der Waals surface area contributed by atoms with Crippen LogP contribution in [0.4, 0.5) is 17.2 Å². The van der Waals surface area contributed by atoms with Crippen molar-refractivity contribution in [1.82, 2.24) is 9.78 Å². The lowest BCUT2D eigenvalue weighted by Crippen LogP contribution is -2.10. The molecule has 0 bridgehead atoms. The lowest BCUT2D eigenvalue weighted by Gasteiger charge is -2.01. The highest BCUT2D eigenvalue weighted by Gasteiger charge is 2.09. The van der Waals surface area contributed by atoms with E-state index in [4.69, 9.17) is 10.5 Å². The molecule has 2 rings (SSSR count). The molecule has 0 aliphatic heterocycles. The summed E-state index contributed by atoms with van der Waals surface area (Å²) >= 11 is 0. The van der Waals surface area contributed by atoms with Crippen molar-refractivity contribution in [3.8, 4) is 5.75 Å². The fourth-order valence-corrected chi connectivity index (χ4v) is 1.47. The van der Waals surface area contributed by atoms with E-state index in [0.717, 1.165) is 0 Å². The number of anilines is 1. The van der Waals surface area contributed by atoms with Gasteiger partial charge in [-0.1, -0.05) is 12.1 Å². The van der Waals surface area contributed by atoms with Gasteiger partial charge >= 0.3 is 0 Å². The lowest BCUT2D eigenvalue weighted by atomic mass is 10.3. The van der Waals surface area contributed by atoms with Gasteiger partial charge in [-0.3, -0.25) is 14.6 Å². The average Bonchev–Trinajstić information content (AvgIpc) is 2.62. The Bertz CT molecular complexity index is 641. The number of ether oxygens (including phenoxy) is 1. The van der Waals surface area contributed by atoms with Gasteiger partial charge in [0.15, 0.2) is 5.69 Å². The number of benzene rings is 1. The first kappa shape index (κ1) is 11.9. The van der Waals surface area contributed by atoms with Crippen molar-refractivity contribution in [2.75, 3.05) is 12.8 Å². The number of methoxy groups -OCH3 is 1. The van der Waals surface area contributed by atoms with Crippen molar-refractivity contribution in [2.24, 2.45) is 17.3 Å². The van der Waals surface area contributed by atoms with Crippen LogP contribution in [0, 0.1) is 0 Å². The summed E-state index contributed by atoms with van der Waals surface area (Å²) in [7, 11) is 3.10. The van der Waals surface area contributed by atoms with Crippen LogP contribution in [0.5, 0.6) is 5.75 Å². The summed E-state index contributed by atoms with van der Waals surface area (Å²) in [5, 5.41) is 10.5. The molecule has 0 fully saturated rings. The van der Waals surface area contributed by atoms with Gasteiger partial charge in [-0.15, -0.1) is 10.2 Å². The quantitative estimate of drug-likeness (QED) is 0.808. The molecule has 2 aromatic rings. The number of hydrogen-bond acceptors (Lipinski definition) is 5. The number of nitrogens with one attached hydrogen (secondary N) is 1. The predicted octanol–water partition coefficient (Wildman–Crippen LogP) is 1.72. The first-order valence-corrected chi connectivity index (χ1v) is 5.22. The van der Waals surface area contributed by atoms with Crippen LogP contribution in [-0.2, 0) is 7.05 Å². The van der Waals surface area contributed by atoms with Crippen LogP contribution in [-0.4, -0.2) is 16.9 Å². The van der Waals surface area contributed by atoms with E-state index < -0.39 is 0 Å². The predicted molar refractivity (Wildman–Crippen MR) is 67.6 cm³/mol. The SMILES string of the molecule is COc1ccccc1N=Nc1c(N)[nH]n(C)c1=O. The number of nitrogens with two attached hydrogens (primary N) is 1. The molecular formula is C11H13N5O2. The van der Waals surface area contributed by atoms with Gasteiger partial charge in [-0.2, -0.15) is 0 Å². The van der Waals surface area contributed by atoms with E-state index in [9.17, 15) is 4.79 Å². The maximum atomic E-state index is 11.6. The number of hydrogen-bond donors (Lipinski definition) is 2. The molecule has 1 aromatic carbocycles. The first-order valence-electron chi connectivity index (χ1n) is 5.22. The molecule has 0 saturated carbocycles. The van der Waals surface area contributed by atoms with Gasteiger partial charge in [-0.25, -0.2) is 0 Å². The van der Waals surface area contributed by atoms with E-state index in [2.05, 4.69) is 15.3 Å². The van der Waals surface area contributed by atoms with Crippen LogP contribution >= 0.6 is 0 Å². The summed E-state index contributed by atoms with van der Waals surface area (Å²) in [5.74, 6) is 0.758. The van der Waals surface area contributed by atoms with Gasteiger partial charge in [0.1, 0.15) is 17.3 Å². The Hall–Kier alpha value is -2.57. The minimum absolute atomic E-state index is 0.0865. The van der Waals surface area contributed by atoms with Crippen LogP contribution in [0.3, 0.4) is 0 Å².